The Morgan fingerprint density at radius 2 is 1.79 bits per heavy atom. The SMILES string of the molecule is C=CC(C)(C)[C@](C)(C(=O)OC)N(C)C. The Kier molecular flexibility index (Phi) is 3.89. The van der Waals surface area contributed by atoms with Gasteiger partial charge in [-0.3, -0.25) is 9.69 Å². The van der Waals surface area contributed by atoms with E-state index in [2.05, 4.69) is 6.58 Å². The highest BCUT2D eigenvalue weighted by Gasteiger charge is 2.48. The van der Waals surface area contributed by atoms with Gasteiger partial charge in [0.25, 0.3) is 0 Å². The van der Waals surface area contributed by atoms with Gasteiger partial charge in [0.15, 0.2) is 0 Å². The number of hydrogen-bond acceptors (Lipinski definition) is 3. The molecule has 3 nitrogen and oxygen atoms in total. The van der Waals surface area contributed by atoms with Crippen LogP contribution < -0.4 is 0 Å². The Bertz CT molecular complexity index is 233. The lowest BCUT2D eigenvalue weighted by atomic mass is 9.72. The van der Waals surface area contributed by atoms with Crippen LogP contribution in [0.2, 0.25) is 0 Å². The summed E-state index contributed by atoms with van der Waals surface area (Å²) in [6.07, 6.45) is 1.78. The fraction of sp³-hybridized carbons (Fsp3) is 0.727. The maximum Gasteiger partial charge on any atom is 0.326 e. The second-order valence-electron chi connectivity index (χ2n) is 4.38. The number of carbonyl (C=O) groups is 1. The third-order valence-electron chi connectivity index (χ3n) is 3.24. The zero-order valence-electron chi connectivity index (χ0n) is 10.0. The molecule has 0 unspecified atom stereocenters. The van der Waals surface area contributed by atoms with E-state index in [1.165, 1.54) is 7.11 Å². The van der Waals surface area contributed by atoms with Gasteiger partial charge in [0.2, 0.25) is 0 Å². The summed E-state index contributed by atoms with van der Waals surface area (Å²) in [6.45, 7) is 9.56. The van der Waals surface area contributed by atoms with Crippen molar-refractivity contribution in [3.05, 3.63) is 12.7 Å². The number of esters is 1. The van der Waals surface area contributed by atoms with Crippen LogP contribution in [0.5, 0.6) is 0 Å². The Morgan fingerprint density at radius 1 is 1.36 bits per heavy atom. The van der Waals surface area contributed by atoms with Gasteiger partial charge in [-0.05, 0) is 21.0 Å². The lowest BCUT2D eigenvalue weighted by Gasteiger charge is -2.44. The van der Waals surface area contributed by atoms with Crippen molar-refractivity contribution in [2.75, 3.05) is 21.2 Å². The average Bonchev–Trinajstić information content (AvgIpc) is 2.14. The van der Waals surface area contributed by atoms with Crippen molar-refractivity contribution < 1.29 is 9.53 Å². The topological polar surface area (TPSA) is 29.5 Å². The van der Waals surface area contributed by atoms with Crippen LogP contribution in [0.15, 0.2) is 12.7 Å². The molecule has 0 saturated carbocycles. The van der Waals surface area contributed by atoms with Gasteiger partial charge < -0.3 is 4.74 Å². The fourth-order valence-corrected chi connectivity index (χ4v) is 1.42. The minimum atomic E-state index is -0.691. The normalized spacial score (nSPS) is 16.2. The van der Waals surface area contributed by atoms with E-state index >= 15 is 0 Å². The van der Waals surface area contributed by atoms with Gasteiger partial charge in [-0.1, -0.05) is 19.9 Å². The van der Waals surface area contributed by atoms with Crippen LogP contribution in [0, 0.1) is 5.41 Å². The van der Waals surface area contributed by atoms with Crippen molar-refractivity contribution in [2.45, 2.75) is 26.3 Å². The number of nitrogens with zero attached hydrogens (tertiary/aromatic N) is 1. The molecular formula is C11H21NO2. The summed E-state index contributed by atoms with van der Waals surface area (Å²) in [5.41, 5.74) is -1.03. The minimum Gasteiger partial charge on any atom is -0.468 e. The highest BCUT2D eigenvalue weighted by Crippen LogP contribution is 2.36. The molecule has 0 N–H and O–H groups in total. The predicted octanol–water partition coefficient (Wildman–Crippen LogP) is 1.69. The number of carbonyl (C=O) groups excluding carboxylic acids is 1. The molecule has 0 heterocycles. The summed E-state index contributed by atoms with van der Waals surface area (Å²) < 4.78 is 4.84. The van der Waals surface area contributed by atoms with Crippen molar-refractivity contribution in [3.8, 4) is 0 Å². The van der Waals surface area contributed by atoms with Crippen molar-refractivity contribution in [1.82, 2.24) is 4.90 Å². The molecule has 0 spiro atoms. The van der Waals surface area contributed by atoms with E-state index < -0.39 is 5.54 Å². The monoisotopic (exact) mass is 199 g/mol. The average molecular weight is 199 g/mol. The van der Waals surface area contributed by atoms with E-state index in [0.717, 1.165) is 0 Å². The van der Waals surface area contributed by atoms with Gasteiger partial charge in [-0.25, -0.2) is 0 Å². The molecule has 0 aliphatic rings. The van der Waals surface area contributed by atoms with E-state index in [9.17, 15) is 4.79 Å². The predicted molar refractivity (Wildman–Crippen MR) is 58.1 cm³/mol. The van der Waals surface area contributed by atoms with Crippen LogP contribution >= 0.6 is 0 Å². The Morgan fingerprint density at radius 3 is 2.00 bits per heavy atom. The molecule has 0 aromatic heterocycles. The smallest absolute Gasteiger partial charge is 0.326 e. The van der Waals surface area contributed by atoms with Crippen LogP contribution in [0.3, 0.4) is 0 Å². The molecule has 0 saturated heterocycles. The molecule has 0 fully saturated rings. The third-order valence-corrected chi connectivity index (χ3v) is 3.24. The standard InChI is InChI=1S/C11H21NO2/c1-8-10(2,3)11(4,12(5)6)9(13)14-7/h8H,1H2,2-7H3/t11-/m0/s1. The fourth-order valence-electron chi connectivity index (χ4n) is 1.42. The second-order valence-corrected chi connectivity index (χ2v) is 4.38. The Hall–Kier alpha value is -0.830. The lowest BCUT2D eigenvalue weighted by Crippen LogP contribution is -2.58. The van der Waals surface area contributed by atoms with Gasteiger partial charge in [0.1, 0.15) is 5.54 Å². The first-order chi connectivity index (χ1) is 6.24. The molecule has 0 amide bonds. The van der Waals surface area contributed by atoms with Crippen LogP contribution in [0.4, 0.5) is 0 Å². The van der Waals surface area contributed by atoms with E-state index in [4.69, 9.17) is 4.74 Å². The Labute approximate surface area is 86.7 Å². The van der Waals surface area contributed by atoms with Crippen molar-refractivity contribution in [1.29, 1.82) is 0 Å². The van der Waals surface area contributed by atoms with Crippen LogP contribution in [-0.2, 0) is 9.53 Å². The molecule has 0 bridgehead atoms. The first-order valence-electron chi connectivity index (χ1n) is 4.63. The van der Waals surface area contributed by atoms with Gasteiger partial charge in [-0.15, -0.1) is 6.58 Å². The quantitative estimate of drug-likeness (QED) is 0.510. The molecule has 0 rings (SSSR count). The van der Waals surface area contributed by atoms with E-state index in [1.807, 2.05) is 39.8 Å². The molecule has 0 aliphatic heterocycles. The minimum absolute atomic E-state index is 0.243. The number of ether oxygens (including phenoxy) is 1. The van der Waals surface area contributed by atoms with Crippen LogP contribution in [-0.4, -0.2) is 37.6 Å². The number of likely N-dealkylation sites (N-methyl/N-ethyl adjacent to an activating group) is 1. The maximum absolute atomic E-state index is 11.8. The van der Waals surface area contributed by atoms with Crippen molar-refractivity contribution in [3.63, 3.8) is 0 Å². The van der Waals surface area contributed by atoms with Gasteiger partial charge in [-0.2, -0.15) is 0 Å². The largest absolute Gasteiger partial charge is 0.468 e. The summed E-state index contributed by atoms with van der Waals surface area (Å²) >= 11 is 0. The first-order valence-corrected chi connectivity index (χ1v) is 4.63. The van der Waals surface area contributed by atoms with E-state index in [-0.39, 0.29) is 11.4 Å². The Balaban J connectivity index is 5.31. The highest BCUT2D eigenvalue weighted by atomic mass is 16.5. The highest BCUT2D eigenvalue weighted by molar-refractivity contribution is 5.81. The van der Waals surface area contributed by atoms with Crippen molar-refractivity contribution >= 4 is 5.97 Å². The summed E-state index contributed by atoms with van der Waals surface area (Å²) in [5, 5.41) is 0. The third kappa shape index (κ3) is 1.82. The summed E-state index contributed by atoms with van der Waals surface area (Å²) in [5.74, 6) is -0.243. The van der Waals surface area contributed by atoms with Gasteiger partial charge in [0.05, 0.1) is 7.11 Å². The molecule has 1 atom stereocenters. The molecule has 0 aliphatic carbocycles. The molecular weight excluding hydrogens is 178 g/mol. The summed E-state index contributed by atoms with van der Waals surface area (Å²) in [4.78, 5) is 13.6. The molecule has 0 radical (unpaired) electrons. The van der Waals surface area contributed by atoms with E-state index in [1.54, 1.807) is 6.08 Å². The number of rotatable bonds is 4. The van der Waals surface area contributed by atoms with Crippen molar-refractivity contribution in [2.24, 2.45) is 5.41 Å². The summed E-state index contributed by atoms with van der Waals surface area (Å²) in [7, 11) is 5.13. The lowest BCUT2D eigenvalue weighted by molar-refractivity contribution is -0.158. The summed E-state index contributed by atoms with van der Waals surface area (Å²) in [6, 6.07) is 0. The maximum atomic E-state index is 11.8. The molecule has 14 heavy (non-hydrogen) atoms. The second kappa shape index (κ2) is 4.13. The molecule has 3 heteroatoms. The molecule has 82 valence electrons. The molecule has 0 aromatic rings. The van der Waals surface area contributed by atoms with E-state index in [0.29, 0.717) is 0 Å². The van der Waals surface area contributed by atoms with Crippen LogP contribution in [0.1, 0.15) is 20.8 Å². The van der Waals surface area contributed by atoms with Crippen LogP contribution in [0.25, 0.3) is 0 Å². The first kappa shape index (κ1) is 13.2. The van der Waals surface area contributed by atoms with Gasteiger partial charge >= 0.3 is 5.97 Å². The zero-order valence-corrected chi connectivity index (χ0v) is 10.0. The van der Waals surface area contributed by atoms with Gasteiger partial charge in [0, 0.05) is 5.41 Å². The molecule has 0 aromatic carbocycles. The number of methoxy groups -OCH3 is 1. The number of hydrogen-bond donors (Lipinski definition) is 0. The zero-order chi connectivity index (χ0) is 11.6.